The Labute approximate surface area is 131 Å². The summed E-state index contributed by atoms with van der Waals surface area (Å²) < 4.78 is 0.771. The molecular weight excluding hydrogens is 312 g/mol. The highest BCUT2D eigenvalue weighted by molar-refractivity contribution is 8.01. The second kappa shape index (κ2) is 7.08. The van der Waals surface area contributed by atoms with Crippen LogP contribution in [0.25, 0.3) is 0 Å². The molecule has 2 heterocycles. The lowest BCUT2D eigenvalue weighted by atomic mass is 9.97. The molecule has 0 bridgehead atoms. The maximum absolute atomic E-state index is 12.1. The fraction of sp³-hybridized carbons (Fsp3) is 0.667. The summed E-state index contributed by atoms with van der Waals surface area (Å²) >= 11 is 2.83. The predicted octanol–water partition coefficient (Wildman–Crippen LogP) is 1.02. The average Bonchev–Trinajstić information content (AvgIpc) is 2.94. The Kier molecular flexibility index (Phi) is 5.40. The zero-order valence-electron chi connectivity index (χ0n) is 12.0. The van der Waals surface area contributed by atoms with Crippen LogP contribution in [0.3, 0.4) is 0 Å². The normalized spacial score (nSPS) is 16.0. The fourth-order valence-electron chi connectivity index (χ4n) is 2.03. The molecule has 0 unspecified atom stereocenters. The quantitative estimate of drug-likeness (QED) is 0.807. The molecule has 1 aromatic rings. The first kappa shape index (κ1) is 16.0. The molecule has 0 aromatic carbocycles. The third kappa shape index (κ3) is 4.31. The van der Waals surface area contributed by atoms with E-state index in [0.717, 1.165) is 9.47 Å². The number of aliphatic carboxylic acids is 1. The van der Waals surface area contributed by atoms with Gasteiger partial charge in [0.15, 0.2) is 4.34 Å². The van der Waals surface area contributed by atoms with E-state index in [-0.39, 0.29) is 11.8 Å². The van der Waals surface area contributed by atoms with E-state index in [4.69, 9.17) is 5.11 Å². The highest BCUT2D eigenvalue weighted by atomic mass is 32.2. The molecule has 1 aliphatic heterocycles. The summed E-state index contributed by atoms with van der Waals surface area (Å²) in [6.07, 6.45) is 1.07. The summed E-state index contributed by atoms with van der Waals surface area (Å²) in [5, 5.41) is 17.8. The standard InChI is InChI=1S/C12H18N4O3S2/c1-15(2)11-13-14-12(21-11)20-7-9(17)16-5-3-8(4-6-16)10(18)19/h8H,3-7H2,1-2H3,(H,18,19). The second-order valence-electron chi connectivity index (χ2n) is 5.03. The van der Waals surface area contributed by atoms with Crippen molar-refractivity contribution in [3.63, 3.8) is 0 Å². The van der Waals surface area contributed by atoms with Gasteiger partial charge in [0.2, 0.25) is 11.0 Å². The van der Waals surface area contributed by atoms with Crippen LogP contribution in [0.2, 0.25) is 0 Å². The first-order chi connectivity index (χ1) is 9.97. The largest absolute Gasteiger partial charge is 0.481 e. The number of hydrogen-bond acceptors (Lipinski definition) is 7. The van der Waals surface area contributed by atoms with E-state index < -0.39 is 5.97 Å². The zero-order valence-corrected chi connectivity index (χ0v) is 13.6. The molecule has 1 N–H and O–H groups in total. The maximum Gasteiger partial charge on any atom is 0.306 e. The van der Waals surface area contributed by atoms with Crippen LogP contribution in [0.4, 0.5) is 5.13 Å². The van der Waals surface area contributed by atoms with Gasteiger partial charge in [-0.05, 0) is 12.8 Å². The molecule has 0 atom stereocenters. The Morgan fingerprint density at radius 1 is 1.38 bits per heavy atom. The van der Waals surface area contributed by atoms with E-state index in [0.29, 0.717) is 31.7 Å². The number of carbonyl (C=O) groups excluding carboxylic acids is 1. The van der Waals surface area contributed by atoms with Gasteiger partial charge in [0, 0.05) is 27.2 Å². The lowest BCUT2D eigenvalue weighted by molar-refractivity contribution is -0.145. The molecule has 0 spiro atoms. The van der Waals surface area contributed by atoms with Crippen LogP contribution < -0.4 is 4.90 Å². The topological polar surface area (TPSA) is 86.6 Å². The van der Waals surface area contributed by atoms with Gasteiger partial charge in [-0.3, -0.25) is 9.59 Å². The minimum absolute atomic E-state index is 0.0328. The van der Waals surface area contributed by atoms with Gasteiger partial charge in [0.25, 0.3) is 0 Å². The number of anilines is 1. The van der Waals surface area contributed by atoms with Crippen molar-refractivity contribution in [2.45, 2.75) is 17.2 Å². The van der Waals surface area contributed by atoms with Crippen molar-refractivity contribution in [3.8, 4) is 0 Å². The van der Waals surface area contributed by atoms with Crippen LogP contribution in [-0.2, 0) is 9.59 Å². The van der Waals surface area contributed by atoms with E-state index in [1.54, 1.807) is 4.90 Å². The summed E-state index contributed by atoms with van der Waals surface area (Å²) in [7, 11) is 3.79. The average molecular weight is 330 g/mol. The molecule has 0 radical (unpaired) electrons. The predicted molar refractivity (Wildman–Crippen MR) is 81.9 cm³/mol. The third-order valence-corrected chi connectivity index (χ3v) is 5.50. The number of carboxylic acids is 1. The number of likely N-dealkylation sites (tertiary alicyclic amines) is 1. The summed E-state index contributed by atoms with van der Waals surface area (Å²) in [5.74, 6) is -0.723. The Hall–Kier alpha value is -1.35. The number of hydrogen-bond donors (Lipinski definition) is 1. The van der Waals surface area contributed by atoms with Crippen molar-refractivity contribution >= 4 is 40.1 Å². The second-order valence-corrected chi connectivity index (χ2v) is 7.21. The number of nitrogens with zero attached hydrogens (tertiary/aromatic N) is 4. The molecule has 1 amide bonds. The number of carbonyl (C=O) groups is 2. The molecule has 7 nitrogen and oxygen atoms in total. The molecular formula is C12H18N4O3S2. The van der Waals surface area contributed by atoms with Gasteiger partial charge >= 0.3 is 5.97 Å². The third-order valence-electron chi connectivity index (χ3n) is 3.29. The van der Waals surface area contributed by atoms with Crippen LogP contribution in [0.5, 0.6) is 0 Å². The number of carboxylic acid groups (broad SMARTS) is 1. The lowest BCUT2D eigenvalue weighted by Crippen LogP contribution is -2.41. The van der Waals surface area contributed by atoms with Crippen LogP contribution in [-0.4, -0.2) is 65.0 Å². The summed E-state index contributed by atoms with van der Waals surface area (Å²) in [6, 6.07) is 0. The molecule has 1 aromatic heterocycles. The molecule has 1 saturated heterocycles. The highest BCUT2D eigenvalue weighted by Crippen LogP contribution is 2.27. The van der Waals surface area contributed by atoms with Crippen molar-refractivity contribution in [1.82, 2.24) is 15.1 Å². The molecule has 2 rings (SSSR count). The number of thioether (sulfide) groups is 1. The first-order valence-electron chi connectivity index (χ1n) is 6.61. The summed E-state index contributed by atoms with van der Waals surface area (Å²) in [5.41, 5.74) is 0. The van der Waals surface area contributed by atoms with Gasteiger partial charge in [0.1, 0.15) is 0 Å². The molecule has 116 valence electrons. The van der Waals surface area contributed by atoms with Crippen molar-refractivity contribution < 1.29 is 14.7 Å². The summed E-state index contributed by atoms with van der Waals surface area (Å²) in [6.45, 7) is 1.05. The number of amides is 1. The van der Waals surface area contributed by atoms with Gasteiger partial charge in [-0.1, -0.05) is 23.1 Å². The van der Waals surface area contributed by atoms with Gasteiger partial charge in [-0.15, -0.1) is 10.2 Å². The maximum atomic E-state index is 12.1. The van der Waals surface area contributed by atoms with Gasteiger partial charge in [-0.2, -0.15) is 0 Å². The van der Waals surface area contributed by atoms with Crippen molar-refractivity contribution in [3.05, 3.63) is 0 Å². The molecule has 21 heavy (non-hydrogen) atoms. The monoisotopic (exact) mass is 330 g/mol. The van der Waals surface area contributed by atoms with E-state index in [1.165, 1.54) is 23.1 Å². The molecule has 1 aliphatic rings. The van der Waals surface area contributed by atoms with Crippen molar-refractivity contribution in [2.24, 2.45) is 5.92 Å². The van der Waals surface area contributed by atoms with Crippen LogP contribution in [0, 0.1) is 5.92 Å². The minimum atomic E-state index is -0.762. The molecule has 9 heteroatoms. The number of piperidine rings is 1. The zero-order chi connectivity index (χ0) is 15.4. The Morgan fingerprint density at radius 3 is 2.57 bits per heavy atom. The Balaban J connectivity index is 1.78. The van der Waals surface area contributed by atoms with Crippen molar-refractivity contribution in [2.75, 3.05) is 37.8 Å². The Bertz CT molecular complexity index is 512. The van der Waals surface area contributed by atoms with E-state index in [1.807, 2.05) is 19.0 Å². The fourth-order valence-corrected chi connectivity index (χ4v) is 3.70. The summed E-state index contributed by atoms with van der Waals surface area (Å²) in [4.78, 5) is 26.6. The number of rotatable bonds is 5. The smallest absolute Gasteiger partial charge is 0.306 e. The van der Waals surface area contributed by atoms with Crippen LogP contribution in [0.15, 0.2) is 4.34 Å². The number of aromatic nitrogens is 2. The van der Waals surface area contributed by atoms with E-state index in [2.05, 4.69) is 10.2 Å². The minimum Gasteiger partial charge on any atom is -0.481 e. The van der Waals surface area contributed by atoms with Crippen molar-refractivity contribution in [1.29, 1.82) is 0 Å². The van der Waals surface area contributed by atoms with Crippen LogP contribution >= 0.6 is 23.1 Å². The van der Waals surface area contributed by atoms with E-state index >= 15 is 0 Å². The SMILES string of the molecule is CN(C)c1nnc(SCC(=O)N2CCC(C(=O)O)CC2)s1. The van der Waals surface area contributed by atoms with Gasteiger partial charge in [0.05, 0.1) is 11.7 Å². The Morgan fingerprint density at radius 2 is 2.05 bits per heavy atom. The van der Waals surface area contributed by atoms with Gasteiger partial charge < -0.3 is 14.9 Å². The van der Waals surface area contributed by atoms with Gasteiger partial charge in [-0.25, -0.2) is 0 Å². The molecule has 0 saturated carbocycles. The molecule has 0 aliphatic carbocycles. The lowest BCUT2D eigenvalue weighted by Gasteiger charge is -2.29. The van der Waals surface area contributed by atoms with Crippen LogP contribution in [0.1, 0.15) is 12.8 Å². The van der Waals surface area contributed by atoms with E-state index in [9.17, 15) is 9.59 Å². The first-order valence-corrected chi connectivity index (χ1v) is 8.42. The molecule has 1 fully saturated rings. The highest BCUT2D eigenvalue weighted by Gasteiger charge is 2.27.